The van der Waals surface area contributed by atoms with E-state index in [-0.39, 0.29) is 12.5 Å². The van der Waals surface area contributed by atoms with E-state index >= 15 is 0 Å². The maximum atomic E-state index is 12.5. The fourth-order valence-electron chi connectivity index (χ4n) is 8.87. The lowest BCUT2D eigenvalue weighted by Crippen LogP contribution is -2.50. The van der Waals surface area contributed by atoms with Crippen LogP contribution in [0.5, 0.6) is 0 Å². The van der Waals surface area contributed by atoms with Gasteiger partial charge in [-0.15, -0.1) is 0 Å². The zero-order chi connectivity index (χ0) is 43.7. The number of amides is 1. The minimum atomic E-state index is -1.15. The van der Waals surface area contributed by atoms with E-state index in [0.717, 1.165) is 38.5 Å². The van der Waals surface area contributed by atoms with Gasteiger partial charge in [-0.2, -0.15) is 0 Å². The highest BCUT2D eigenvalue weighted by atomic mass is 16.3. The number of unbranched alkanes of at least 4 members (excludes halogenated alkanes) is 41. The first-order chi connectivity index (χ1) is 29.6. The van der Waals surface area contributed by atoms with E-state index in [9.17, 15) is 20.1 Å². The van der Waals surface area contributed by atoms with Crippen molar-refractivity contribution < 1.29 is 20.1 Å². The maximum Gasteiger partial charge on any atom is 0.220 e. The zero-order valence-corrected chi connectivity index (χ0v) is 40.9. The van der Waals surface area contributed by atoms with Crippen molar-refractivity contribution in [2.75, 3.05) is 6.61 Å². The summed E-state index contributed by atoms with van der Waals surface area (Å²) in [7, 11) is 0. The molecular weight excluding hydrogens is 739 g/mol. The average molecular weight is 848 g/mol. The largest absolute Gasteiger partial charge is 0.394 e. The molecule has 60 heavy (non-hydrogen) atoms. The number of hydrogen-bond donors (Lipinski definition) is 4. The molecule has 0 saturated heterocycles. The van der Waals surface area contributed by atoms with Gasteiger partial charge in [-0.1, -0.05) is 276 Å². The molecule has 0 heterocycles. The second-order valence-corrected chi connectivity index (χ2v) is 19.1. The Morgan fingerprint density at radius 3 is 0.967 bits per heavy atom. The SMILES string of the molecule is CCCCCCCCCCCC/C=C/CCCC(O)C(O)C(CO)NC(=O)CCCCCCCCCCCCCCCCCCCCCCCCCCCCCCCCC. The molecule has 0 radical (unpaired) electrons. The molecule has 5 nitrogen and oxygen atoms in total. The monoisotopic (exact) mass is 848 g/mol. The Morgan fingerprint density at radius 1 is 0.400 bits per heavy atom. The van der Waals surface area contributed by atoms with Gasteiger partial charge in [-0.3, -0.25) is 4.79 Å². The third-order valence-electron chi connectivity index (χ3n) is 13.1. The molecule has 4 N–H and O–H groups in total. The molecule has 0 aliphatic heterocycles. The number of carbonyl (C=O) groups is 1. The summed E-state index contributed by atoms with van der Waals surface area (Å²) in [6.45, 7) is 4.20. The number of allylic oxidation sites excluding steroid dienone is 2. The van der Waals surface area contributed by atoms with Gasteiger partial charge in [0.25, 0.3) is 0 Å². The summed E-state index contributed by atoms with van der Waals surface area (Å²) in [5, 5.41) is 33.6. The lowest BCUT2D eigenvalue weighted by molar-refractivity contribution is -0.124. The van der Waals surface area contributed by atoms with Crippen LogP contribution in [0.25, 0.3) is 0 Å². The number of rotatable bonds is 51. The van der Waals surface area contributed by atoms with Gasteiger partial charge in [0.2, 0.25) is 5.91 Å². The third kappa shape index (κ3) is 45.1. The number of carbonyl (C=O) groups excluding carboxylic acids is 1. The Labute approximate surface area is 376 Å². The first kappa shape index (κ1) is 59.1. The van der Waals surface area contributed by atoms with Gasteiger partial charge in [0, 0.05) is 6.42 Å². The van der Waals surface area contributed by atoms with Gasteiger partial charge in [0.15, 0.2) is 0 Å². The molecule has 1 amide bonds. The highest BCUT2D eigenvalue weighted by molar-refractivity contribution is 5.76. The quantitative estimate of drug-likeness (QED) is 0.0363. The summed E-state index contributed by atoms with van der Waals surface area (Å²) in [4.78, 5) is 12.5. The van der Waals surface area contributed by atoms with Gasteiger partial charge in [-0.05, 0) is 38.5 Å². The lowest BCUT2D eigenvalue weighted by atomic mass is 10.0. The fourth-order valence-corrected chi connectivity index (χ4v) is 8.87. The van der Waals surface area contributed by atoms with Crippen molar-refractivity contribution in [3.63, 3.8) is 0 Å². The van der Waals surface area contributed by atoms with E-state index in [1.807, 2.05) is 0 Å². The molecule has 0 aliphatic rings. The smallest absolute Gasteiger partial charge is 0.220 e. The molecule has 0 fully saturated rings. The van der Waals surface area contributed by atoms with Crippen LogP contribution in [0.1, 0.15) is 309 Å². The van der Waals surface area contributed by atoms with Gasteiger partial charge in [-0.25, -0.2) is 0 Å². The Bertz CT molecular complexity index is 848. The van der Waals surface area contributed by atoms with Crippen molar-refractivity contribution in [2.45, 2.75) is 327 Å². The molecule has 0 rings (SSSR count). The Kier molecular flexibility index (Phi) is 50.0. The Morgan fingerprint density at radius 2 is 0.667 bits per heavy atom. The van der Waals surface area contributed by atoms with Crippen molar-refractivity contribution in [1.29, 1.82) is 0 Å². The summed E-state index contributed by atoms with van der Waals surface area (Å²) >= 11 is 0. The zero-order valence-electron chi connectivity index (χ0n) is 40.9. The minimum absolute atomic E-state index is 0.148. The van der Waals surface area contributed by atoms with Crippen molar-refractivity contribution in [2.24, 2.45) is 0 Å². The molecule has 0 spiro atoms. The normalized spacial score (nSPS) is 13.3. The second kappa shape index (κ2) is 50.7. The Balaban J connectivity index is 3.48. The fraction of sp³-hybridized carbons (Fsp3) is 0.945. The molecule has 0 bridgehead atoms. The van der Waals surface area contributed by atoms with Gasteiger partial charge < -0.3 is 20.6 Å². The lowest BCUT2D eigenvalue weighted by Gasteiger charge is -2.26. The summed E-state index contributed by atoms with van der Waals surface area (Å²) in [6, 6.07) is -0.821. The highest BCUT2D eigenvalue weighted by Crippen LogP contribution is 2.18. The van der Waals surface area contributed by atoms with E-state index in [1.165, 1.54) is 244 Å². The van der Waals surface area contributed by atoms with Crippen molar-refractivity contribution in [3.05, 3.63) is 12.2 Å². The molecular formula is C55H109NO4. The van der Waals surface area contributed by atoms with Crippen LogP contribution in [0.3, 0.4) is 0 Å². The van der Waals surface area contributed by atoms with Gasteiger partial charge in [0.1, 0.15) is 6.10 Å². The summed E-state index contributed by atoms with van der Waals surface area (Å²) in [5.74, 6) is -0.148. The van der Waals surface area contributed by atoms with Gasteiger partial charge >= 0.3 is 0 Å². The van der Waals surface area contributed by atoms with E-state index < -0.39 is 18.2 Å². The van der Waals surface area contributed by atoms with Crippen LogP contribution in [0, 0.1) is 0 Å². The molecule has 3 atom stereocenters. The molecule has 0 aromatic rings. The minimum Gasteiger partial charge on any atom is -0.394 e. The second-order valence-electron chi connectivity index (χ2n) is 19.1. The van der Waals surface area contributed by atoms with E-state index in [4.69, 9.17) is 0 Å². The number of hydrogen-bond acceptors (Lipinski definition) is 4. The van der Waals surface area contributed by atoms with Crippen LogP contribution in [0.4, 0.5) is 0 Å². The third-order valence-corrected chi connectivity index (χ3v) is 13.1. The predicted molar refractivity (Wildman–Crippen MR) is 264 cm³/mol. The summed E-state index contributed by atoms with van der Waals surface area (Å²) < 4.78 is 0. The maximum absolute atomic E-state index is 12.5. The summed E-state index contributed by atoms with van der Waals surface area (Å²) in [6.07, 6.45) is 62.3. The first-order valence-electron chi connectivity index (χ1n) is 27.5. The van der Waals surface area contributed by atoms with E-state index in [0.29, 0.717) is 12.8 Å². The molecule has 0 aromatic carbocycles. The first-order valence-corrected chi connectivity index (χ1v) is 27.5. The summed E-state index contributed by atoms with van der Waals surface area (Å²) in [5.41, 5.74) is 0. The molecule has 0 saturated carbocycles. The van der Waals surface area contributed by atoms with Crippen LogP contribution in [0.15, 0.2) is 12.2 Å². The van der Waals surface area contributed by atoms with Crippen LogP contribution >= 0.6 is 0 Å². The predicted octanol–water partition coefficient (Wildman–Crippen LogP) is 16.7. The van der Waals surface area contributed by atoms with Crippen molar-refractivity contribution >= 4 is 5.91 Å². The van der Waals surface area contributed by atoms with E-state index in [2.05, 4.69) is 31.3 Å². The Hall–Kier alpha value is -0.910. The topological polar surface area (TPSA) is 89.8 Å². The van der Waals surface area contributed by atoms with Gasteiger partial charge in [0.05, 0.1) is 18.8 Å². The number of nitrogens with one attached hydrogen (secondary N) is 1. The van der Waals surface area contributed by atoms with Crippen LogP contribution in [0.2, 0.25) is 0 Å². The van der Waals surface area contributed by atoms with Crippen LogP contribution in [-0.4, -0.2) is 46.1 Å². The molecule has 0 aliphatic carbocycles. The average Bonchev–Trinajstić information content (AvgIpc) is 3.25. The van der Waals surface area contributed by atoms with E-state index in [1.54, 1.807) is 0 Å². The highest BCUT2D eigenvalue weighted by Gasteiger charge is 2.26. The van der Waals surface area contributed by atoms with Crippen molar-refractivity contribution in [1.82, 2.24) is 5.32 Å². The number of aliphatic hydroxyl groups excluding tert-OH is 3. The molecule has 5 heteroatoms. The van der Waals surface area contributed by atoms with Crippen LogP contribution in [-0.2, 0) is 4.79 Å². The number of aliphatic hydroxyl groups is 3. The van der Waals surface area contributed by atoms with Crippen LogP contribution < -0.4 is 5.32 Å². The molecule has 0 aromatic heterocycles. The molecule has 3 unspecified atom stereocenters. The van der Waals surface area contributed by atoms with Crippen molar-refractivity contribution in [3.8, 4) is 0 Å². The standard InChI is InChI=1S/C55H109NO4/c1-3-5-7-9-11-13-15-17-19-20-21-22-23-24-25-26-27-28-29-30-31-32-33-34-36-38-40-42-44-46-48-50-54(59)56-52(51-57)55(60)53(58)49-47-45-43-41-39-37-35-18-16-14-12-10-8-6-4-2/h41,43,52-53,55,57-58,60H,3-40,42,44-51H2,1-2H3,(H,56,59)/b43-41+. The molecule has 358 valence electrons.